The maximum absolute atomic E-state index is 13.5. The first-order chi connectivity index (χ1) is 18.1. The molecule has 0 fully saturated rings. The van der Waals surface area contributed by atoms with Gasteiger partial charge in [0.15, 0.2) is 0 Å². The summed E-state index contributed by atoms with van der Waals surface area (Å²) in [6.07, 6.45) is 2.70. The first kappa shape index (κ1) is 27.4. The van der Waals surface area contributed by atoms with Crippen LogP contribution in [-0.2, 0) is 35.3 Å². The zero-order chi connectivity index (χ0) is 27.3. The Morgan fingerprint density at radius 3 is 2.39 bits per heavy atom. The third-order valence-electron chi connectivity index (χ3n) is 7.14. The maximum atomic E-state index is 13.5. The summed E-state index contributed by atoms with van der Waals surface area (Å²) in [5.41, 5.74) is 5.12. The lowest BCUT2D eigenvalue weighted by Crippen LogP contribution is -2.37. The van der Waals surface area contributed by atoms with Gasteiger partial charge in [0.1, 0.15) is 23.7 Å². The van der Waals surface area contributed by atoms with Crippen molar-refractivity contribution in [3.63, 3.8) is 0 Å². The van der Waals surface area contributed by atoms with Gasteiger partial charge in [-0.1, -0.05) is 62.4 Å². The van der Waals surface area contributed by atoms with Gasteiger partial charge in [-0.3, -0.25) is 9.59 Å². The molecule has 1 heterocycles. The zero-order valence-electron chi connectivity index (χ0n) is 22.4. The highest BCUT2D eigenvalue weighted by Crippen LogP contribution is 2.37. The summed E-state index contributed by atoms with van der Waals surface area (Å²) in [7, 11) is 0. The van der Waals surface area contributed by atoms with Crippen molar-refractivity contribution >= 4 is 11.9 Å². The van der Waals surface area contributed by atoms with Crippen LogP contribution in [0, 0.1) is 5.82 Å². The molecule has 0 bridgehead atoms. The molecular weight excluding hydrogens is 481 g/mol. The molecule has 200 valence electrons. The van der Waals surface area contributed by atoms with Crippen molar-refractivity contribution < 1.29 is 23.8 Å². The Labute approximate surface area is 224 Å². The Morgan fingerprint density at radius 1 is 1.00 bits per heavy atom. The van der Waals surface area contributed by atoms with Crippen LogP contribution in [0.2, 0.25) is 0 Å². The predicted octanol–water partition coefficient (Wildman–Crippen LogP) is 5.97. The van der Waals surface area contributed by atoms with Gasteiger partial charge in [-0.15, -0.1) is 0 Å². The fraction of sp³-hybridized carbons (Fsp3) is 0.375. The van der Waals surface area contributed by atoms with Crippen LogP contribution in [0.25, 0.3) is 0 Å². The second-order valence-electron chi connectivity index (χ2n) is 10.8. The van der Waals surface area contributed by atoms with E-state index < -0.39 is 5.97 Å². The van der Waals surface area contributed by atoms with Crippen molar-refractivity contribution in [3.8, 4) is 5.75 Å². The van der Waals surface area contributed by atoms with Gasteiger partial charge in [-0.2, -0.15) is 0 Å². The van der Waals surface area contributed by atoms with E-state index in [0.717, 1.165) is 35.3 Å². The van der Waals surface area contributed by atoms with Gasteiger partial charge in [0.05, 0.1) is 0 Å². The third kappa shape index (κ3) is 7.21. The van der Waals surface area contributed by atoms with Crippen LogP contribution in [0.15, 0.2) is 66.7 Å². The lowest BCUT2D eigenvalue weighted by molar-refractivity contribution is -0.144. The number of carboxylic acid groups (broad SMARTS) is 1. The Kier molecular flexibility index (Phi) is 8.50. The number of carbonyl (C=O) groups is 2. The SMILES string of the molecule is CC(C)c1ccc(CC2(C)Cc3cc(CCC(=O)N(CCc4cccc(F)c4)CC(=O)O)ccc3O2)cc1. The molecule has 1 atom stereocenters. The number of halogens is 1. The largest absolute Gasteiger partial charge is 0.487 e. The average Bonchev–Trinajstić information content (AvgIpc) is 3.20. The molecule has 0 saturated heterocycles. The molecule has 0 spiro atoms. The Hall–Kier alpha value is -3.67. The van der Waals surface area contributed by atoms with Crippen LogP contribution >= 0.6 is 0 Å². The van der Waals surface area contributed by atoms with Crippen LogP contribution < -0.4 is 4.74 Å². The van der Waals surface area contributed by atoms with Gasteiger partial charge < -0.3 is 14.7 Å². The van der Waals surface area contributed by atoms with E-state index in [-0.39, 0.29) is 36.8 Å². The summed E-state index contributed by atoms with van der Waals surface area (Å²) in [6, 6.07) is 20.9. The zero-order valence-corrected chi connectivity index (χ0v) is 22.4. The second-order valence-corrected chi connectivity index (χ2v) is 10.8. The van der Waals surface area contributed by atoms with Crippen molar-refractivity contribution in [2.45, 2.75) is 64.4 Å². The van der Waals surface area contributed by atoms with Gasteiger partial charge in [-0.05, 0) is 71.7 Å². The third-order valence-corrected chi connectivity index (χ3v) is 7.14. The molecule has 0 aromatic heterocycles. The van der Waals surface area contributed by atoms with Crippen molar-refractivity contribution in [2.75, 3.05) is 13.1 Å². The van der Waals surface area contributed by atoms with Crippen molar-refractivity contribution in [3.05, 3.63) is 100 Å². The molecular formula is C32H36FNO4. The molecule has 5 nitrogen and oxygen atoms in total. The average molecular weight is 518 g/mol. The standard InChI is InChI=1S/C32H36FNO4/c1-22(2)26-11-7-25(8-12-26)19-32(3)20-27-17-24(9-13-29(27)38-32)10-14-30(35)34(21-31(36)37)16-15-23-5-4-6-28(33)18-23/h4-9,11-13,17-18,22H,10,14-16,19-21H2,1-3H3,(H,36,37). The van der Waals surface area contributed by atoms with E-state index in [1.807, 2.05) is 12.1 Å². The van der Waals surface area contributed by atoms with Crippen molar-refractivity contribution in [1.29, 1.82) is 0 Å². The summed E-state index contributed by atoms with van der Waals surface area (Å²) in [5, 5.41) is 9.29. The predicted molar refractivity (Wildman–Crippen MR) is 146 cm³/mol. The second kappa shape index (κ2) is 11.8. The number of hydrogen-bond acceptors (Lipinski definition) is 3. The number of aliphatic carboxylic acids is 1. The molecule has 1 amide bonds. The molecule has 1 aliphatic rings. The highest BCUT2D eigenvalue weighted by Gasteiger charge is 2.35. The lowest BCUT2D eigenvalue weighted by Gasteiger charge is -2.24. The first-order valence-corrected chi connectivity index (χ1v) is 13.2. The number of carboxylic acids is 1. The number of benzene rings is 3. The van der Waals surface area contributed by atoms with Crippen LogP contribution in [0.5, 0.6) is 5.75 Å². The fourth-order valence-corrected chi connectivity index (χ4v) is 5.10. The number of aryl methyl sites for hydroxylation is 1. The number of rotatable bonds is 11. The van der Waals surface area contributed by atoms with E-state index in [2.05, 4.69) is 51.1 Å². The Bertz CT molecular complexity index is 1290. The van der Waals surface area contributed by atoms with E-state index in [0.29, 0.717) is 18.8 Å². The molecule has 0 radical (unpaired) electrons. The van der Waals surface area contributed by atoms with Crippen LogP contribution in [0.3, 0.4) is 0 Å². The minimum absolute atomic E-state index is 0.204. The molecule has 1 N–H and O–H groups in total. The summed E-state index contributed by atoms with van der Waals surface area (Å²) >= 11 is 0. The van der Waals surface area contributed by atoms with E-state index >= 15 is 0 Å². The van der Waals surface area contributed by atoms with Crippen molar-refractivity contribution in [1.82, 2.24) is 4.90 Å². The summed E-state index contributed by atoms with van der Waals surface area (Å²) in [6.45, 7) is 6.37. The number of amides is 1. The highest BCUT2D eigenvalue weighted by atomic mass is 19.1. The topological polar surface area (TPSA) is 66.8 Å². The molecule has 6 heteroatoms. The van der Waals surface area contributed by atoms with Crippen LogP contribution in [0.4, 0.5) is 4.39 Å². The van der Waals surface area contributed by atoms with Gasteiger partial charge >= 0.3 is 5.97 Å². The monoisotopic (exact) mass is 517 g/mol. The number of hydrogen-bond donors (Lipinski definition) is 1. The Morgan fingerprint density at radius 2 is 1.71 bits per heavy atom. The van der Waals surface area contributed by atoms with E-state index in [1.165, 1.54) is 28.2 Å². The van der Waals surface area contributed by atoms with E-state index in [4.69, 9.17) is 4.74 Å². The Balaban J connectivity index is 1.35. The summed E-state index contributed by atoms with van der Waals surface area (Å²) in [5.74, 6) is -0.259. The van der Waals surface area contributed by atoms with Gasteiger partial charge in [0.25, 0.3) is 0 Å². The fourth-order valence-electron chi connectivity index (χ4n) is 5.10. The number of carbonyl (C=O) groups excluding carboxylic acids is 1. The van der Waals surface area contributed by atoms with E-state index in [1.54, 1.807) is 12.1 Å². The minimum Gasteiger partial charge on any atom is -0.487 e. The van der Waals surface area contributed by atoms with Gasteiger partial charge in [-0.25, -0.2) is 4.39 Å². The minimum atomic E-state index is -1.06. The molecule has 0 aliphatic carbocycles. The first-order valence-electron chi connectivity index (χ1n) is 13.2. The smallest absolute Gasteiger partial charge is 0.323 e. The summed E-state index contributed by atoms with van der Waals surface area (Å²) < 4.78 is 19.8. The van der Waals surface area contributed by atoms with Crippen LogP contribution in [0.1, 0.15) is 60.9 Å². The molecule has 3 aromatic rings. The molecule has 4 rings (SSSR count). The quantitative estimate of drug-likeness (QED) is 0.340. The summed E-state index contributed by atoms with van der Waals surface area (Å²) in [4.78, 5) is 25.6. The molecule has 1 aliphatic heterocycles. The molecule has 3 aromatic carbocycles. The number of ether oxygens (including phenoxy) is 1. The van der Waals surface area contributed by atoms with Gasteiger partial charge in [0.2, 0.25) is 5.91 Å². The van der Waals surface area contributed by atoms with E-state index in [9.17, 15) is 19.1 Å². The number of nitrogens with zero attached hydrogens (tertiary/aromatic N) is 1. The molecule has 38 heavy (non-hydrogen) atoms. The van der Waals surface area contributed by atoms with Crippen molar-refractivity contribution in [2.24, 2.45) is 0 Å². The molecule has 0 saturated carbocycles. The maximum Gasteiger partial charge on any atom is 0.323 e. The lowest BCUT2D eigenvalue weighted by atomic mass is 9.90. The van der Waals surface area contributed by atoms with Gasteiger partial charge in [0, 0.05) is 25.8 Å². The van der Waals surface area contributed by atoms with Crippen LogP contribution in [-0.4, -0.2) is 40.6 Å². The normalized spacial score (nSPS) is 16.2. The molecule has 1 unspecified atom stereocenters. The number of fused-ring (bicyclic) bond motifs is 1. The highest BCUT2D eigenvalue weighted by molar-refractivity contribution is 5.81.